The summed E-state index contributed by atoms with van der Waals surface area (Å²) in [4.78, 5) is 8.35. The molecule has 0 saturated heterocycles. The lowest BCUT2D eigenvalue weighted by molar-refractivity contribution is 0.411. The molecule has 0 radical (unpaired) electrons. The molecule has 0 aliphatic rings. The summed E-state index contributed by atoms with van der Waals surface area (Å²) in [6.07, 6.45) is 1.58. The number of anilines is 2. The first-order valence-electron chi connectivity index (χ1n) is 7.27. The van der Waals surface area contributed by atoms with Gasteiger partial charge in [0.2, 0.25) is 5.95 Å². The largest absolute Gasteiger partial charge is 0.497 e. The predicted molar refractivity (Wildman–Crippen MR) is 87.8 cm³/mol. The average molecular weight is 302 g/mol. The molecule has 0 bridgehead atoms. The molecule has 0 aliphatic carbocycles. The van der Waals surface area contributed by atoms with Gasteiger partial charge in [-0.15, -0.1) is 0 Å². The molecule has 2 rings (SSSR count). The first kappa shape index (κ1) is 15.9. The van der Waals surface area contributed by atoms with E-state index in [0.29, 0.717) is 17.5 Å². The molecule has 0 spiro atoms. The summed E-state index contributed by atoms with van der Waals surface area (Å²) in [6, 6.07) is 5.68. The molecule has 0 unspecified atom stereocenters. The highest BCUT2D eigenvalue weighted by Gasteiger charge is 2.13. The van der Waals surface area contributed by atoms with Gasteiger partial charge in [0.05, 0.1) is 13.3 Å². The number of rotatable bonds is 6. The Morgan fingerprint density at radius 1 is 1.27 bits per heavy atom. The summed E-state index contributed by atoms with van der Waals surface area (Å²) in [5, 5.41) is 3.01. The van der Waals surface area contributed by atoms with Gasteiger partial charge < -0.3 is 20.5 Å². The fraction of sp³-hybridized carbons (Fsp3) is 0.375. The van der Waals surface area contributed by atoms with Gasteiger partial charge >= 0.3 is 0 Å². The Morgan fingerprint density at radius 3 is 2.64 bits per heavy atom. The lowest BCUT2D eigenvalue weighted by atomic mass is 10.0. The van der Waals surface area contributed by atoms with Crippen molar-refractivity contribution in [3.05, 3.63) is 30.0 Å². The molecule has 1 aromatic carbocycles. The van der Waals surface area contributed by atoms with Gasteiger partial charge in [-0.3, -0.25) is 0 Å². The van der Waals surface area contributed by atoms with Gasteiger partial charge in [0.1, 0.15) is 11.5 Å². The number of hydrogen-bond donors (Lipinski definition) is 2. The molecule has 0 amide bonds. The highest BCUT2D eigenvalue weighted by Crippen LogP contribution is 2.34. The fourth-order valence-electron chi connectivity index (χ4n) is 2.02. The molecule has 6 heteroatoms. The van der Waals surface area contributed by atoms with Gasteiger partial charge in [-0.05, 0) is 31.0 Å². The molecule has 22 heavy (non-hydrogen) atoms. The summed E-state index contributed by atoms with van der Waals surface area (Å²) < 4.78 is 11.2. The lowest BCUT2D eigenvalue weighted by Gasteiger charge is -2.15. The van der Waals surface area contributed by atoms with E-state index < -0.39 is 0 Å². The predicted octanol–water partition coefficient (Wildman–Crippen LogP) is 3.41. The highest BCUT2D eigenvalue weighted by molar-refractivity contribution is 5.52. The van der Waals surface area contributed by atoms with E-state index in [-0.39, 0.29) is 5.92 Å². The maximum atomic E-state index is 5.94. The minimum atomic E-state index is 0.285. The summed E-state index contributed by atoms with van der Waals surface area (Å²) in [5.74, 6) is 3.04. The minimum Gasteiger partial charge on any atom is -0.497 e. The number of benzene rings is 1. The van der Waals surface area contributed by atoms with Crippen molar-refractivity contribution in [1.29, 1.82) is 0 Å². The van der Waals surface area contributed by atoms with Crippen molar-refractivity contribution < 1.29 is 9.47 Å². The molecule has 6 nitrogen and oxygen atoms in total. The number of nitrogen functional groups attached to an aromatic ring is 1. The number of nitrogens with one attached hydrogen (secondary N) is 1. The van der Waals surface area contributed by atoms with Crippen molar-refractivity contribution in [1.82, 2.24) is 9.97 Å². The van der Waals surface area contributed by atoms with Gasteiger partial charge in [0, 0.05) is 12.1 Å². The van der Waals surface area contributed by atoms with Crippen molar-refractivity contribution in [2.24, 2.45) is 0 Å². The summed E-state index contributed by atoms with van der Waals surface area (Å²) >= 11 is 0. The first-order valence-corrected chi connectivity index (χ1v) is 7.27. The van der Waals surface area contributed by atoms with Crippen LogP contribution in [0.5, 0.6) is 17.2 Å². The standard InChI is InChI=1S/C16H22N4O2/c1-5-18-16-19-9-14(15(17)20-16)22-13-7-6-11(21-4)8-12(13)10(2)3/h6-10H,5H2,1-4H3,(H3,17,18,19,20). The third-order valence-electron chi connectivity index (χ3n) is 3.18. The number of nitrogens with two attached hydrogens (primary N) is 1. The number of aromatic nitrogens is 2. The van der Waals surface area contributed by atoms with Crippen molar-refractivity contribution in [2.75, 3.05) is 24.7 Å². The van der Waals surface area contributed by atoms with Gasteiger partial charge in [-0.2, -0.15) is 4.98 Å². The molecule has 3 N–H and O–H groups in total. The summed E-state index contributed by atoms with van der Waals surface area (Å²) in [6.45, 7) is 6.89. The molecule has 0 fully saturated rings. The van der Waals surface area contributed by atoms with Gasteiger partial charge in [0.25, 0.3) is 0 Å². The highest BCUT2D eigenvalue weighted by atomic mass is 16.5. The molecule has 118 valence electrons. The molecule has 0 saturated carbocycles. The maximum absolute atomic E-state index is 5.94. The van der Waals surface area contributed by atoms with E-state index in [4.69, 9.17) is 15.2 Å². The third kappa shape index (κ3) is 3.58. The quantitative estimate of drug-likeness (QED) is 0.851. The molecule has 0 atom stereocenters. The molecular formula is C16H22N4O2. The van der Waals surface area contributed by atoms with Crippen LogP contribution in [0.1, 0.15) is 32.3 Å². The van der Waals surface area contributed by atoms with Gasteiger partial charge in [0.15, 0.2) is 11.6 Å². The molecule has 1 heterocycles. The van der Waals surface area contributed by atoms with Crippen LogP contribution in [0.15, 0.2) is 24.4 Å². The smallest absolute Gasteiger partial charge is 0.224 e. The van der Waals surface area contributed by atoms with Crippen molar-refractivity contribution >= 4 is 11.8 Å². The third-order valence-corrected chi connectivity index (χ3v) is 3.18. The first-order chi connectivity index (χ1) is 10.5. The number of methoxy groups -OCH3 is 1. The van der Waals surface area contributed by atoms with E-state index in [1.807, 2.05) is 25.1 Å². The number of hydrogen-bond acceptors (Lipinski definition) is 6. The Labute approximate surface area is 130 Å². The van der Waals surface area contributed by atoms with E-state index in [0.717, 1.165) is 23.6 Å². The number of ether oxygens (including phenoxy) is 2. The normalized spacial score (nSPS) is 10.6. The second-order valence-electron chi connectivity index (χ2n) is 5.13. The Kier molecular flexibility index (Phi) is 5.04. The lowest BCUT2D eigenvalue weighted by Crippen LogP contribution is -2.05. The van der Waals surface area contributed by atoms with Crippen LogP contribution in [0.2, 0.25) is 0 Å². The monoisotopic (exact) mass is 302 g/mol. The maximum Gasteiger partial charge on any atom is 0.224 e. The van der Waals surface area contributed by atoms with Crippen LogP contribution in [0.25, 0.3) is 0 Å². The Bertz CT molecular complexity index is 644. The number of nitrogens with zero attached hydrogens (tertiary/aromatic N) is 2. The molecule has 2 aromatic rings. The van der Waals surface area contributed by atoms with Crippen LogP contribution < -0.4 is 20.5 Å². The zero-order chi connectivity index (χ0) is 16.1. The van der Waals surface area contributed by atoms with Crippen LogP contribution in [0.4, 0.5) is 11.8 Å². The molecule has 1 aromatic heterocycles. The summed E-state index contributed by atoms with van der Waals surface area (Å²) in [7, 11) is 1.64. The van der Waals surface area contributed by atoms with Crippen molar-refractivity contribution in [2.45, 2.75) is 26.7 Å². The average Bonchev–Trinajstić information content (AvgIpc) is 2.50. The zero-order valence-electron chi connectivity index (χ0n) is 13.4. The van der Waals surface area contributed by atoms with Crippen LogP contribution in [0.3, 0.4) is 0 Å². The zero-order valence-corrected chi connectivity index (χ0v) is 13.4. The Morgan fingerprint density at radius 2 is 2.05 bits per heavy atom. The van der Waals surface area contributed by atoms with Crippen molar-refractivity contribution in [3.8, 4) is 17.2 Å². The van der Waals surface area contributed by atoms with Gasteiger partial charge in [-0.1, -0.05) is 13.8 Å². The molecular weight excluding hydrogens is 280 g/mol. The van der Waals surface area contributed by atoms with E-state index in [1.165, 1.54) is 0 Å². The fourth-order valence-corrected chi connectivity index (χ4v) is 2.02. The summed E-state index contributed by atoms with van der Waals surface area (Å²) in [5.41, 5.74) is 6.98. The Hall–Kier alpha value is -2.50. The second-order valence-corrected chi connectivity index (χ2v) is 5.13. The van der Waals surface area contributed by atoms with Crippen LogP contribution in [-0.2, 0) is 0 Å². The van der Waals surface area contributed by atoms with E-state index in [2.05, 4.69) is 29.1 Å². The van der Waals surface area contributed by atoms with Crippen LogP contribution in [0, 0.1) is 0 Å². The van der Waals surface area contributed by atoms with Crippen LogP contribution in [-0.4, -0.2) is 23.6 Å². The second kappa shape index (κ2) is 6.98. The van der Waals surface area contributed by atoms with Crippen molar-refractivity contribution in [3.63, 3.8) is 0 Å². The van der Waals surface area contributed by atoms with E-state index in [9.17, 15) is 0 Å². The van der Waals surface area contributed by atoms with E-state index in [1.54, 1.807) is 13.3 Å². The Balaban J connectivity index is 2.30. The van der Waals surface area contributed by atoms with Crippen LogP contribution >= 0.6 is 0 Å². The van der Waals surface area contributed by atoms with E-state index >= 15 is 0 Å². The van der Waals surface area contributed by atoms with Gasteiger partial charge in [-0.25, -0.2) is 4.98 Å². The topological polar surface area (TPSA) is 82.3 Å². The minimum absolute atomic E-state index is 0.285. The SMILES string of the molecule is CCNc1ncc(Oc2ccc(OC)cc2C(C)C)c(N)n1. The molecule has 0 aliphatic heterocycles.